The van der Waals surface area contributed by atoms with Crippen LogP contribution in [-0.4, -0.2) is 36.8 Å². The van der Waals surface area contributed by atoms with Crippen molar-refractivity contribution in [1.82, 2.24) is 29.6 Å². The first kappa shape index (κ1) is 25.2. The number of carbonyl (C=O) groups excluding carboxylic acids is 1. The molecule has 0 unspecified atom stereocenters. The number of pyridine rings is 1. The van der Waals surface area contributed by atoms with Crippen LogP contribution in [0.25, 0.3) is 21.3 Å². The van der Waals surface area contributed by atoms with Gasteiger partial charge in [-0.05, 0) is 43.2 Å². The fourth-order valence-electron chi connectivity index (χ4n) is 4.93. The quantitative estimate of drug-likeness (QED) is 0.268. The molecular formula is C28H25FN8O3S. The topological polar surface area (TPSA) is 142 Å². The van der Waals surface area contributed by atoms with E-state index in [1.807, 2.05) is 16.8 Å². The van der Waals surface area contributed by atoms with E-state index in [1.54, 1.807) is 30.5 Å². The van der Waals surface area contributed by atoms with Gasteiger partial charge in [-0.15, -0.1) is 11.3 Å². The number of anilines is 2. The van der Waals surface area contributed by atoms with E-state index in [0.29, 0.717) is 23.6 Å². The van der Waals surface area contributed by atoms with E-state index in [0.717, 1.165) is 33.5 Å². The van der Waals surface area contributed by atoms with Gasteiger partial charge in [-0.1, -0.05) is 12.1 Å². The minimum Gasteiger partial charge on any atom is -0.473 e. The van der Waals surface area contributed by atoms with E-state index >= 15 is 0 Å². The van der Waals surface area contributed by atoms with Crippen molar-refractivity contribution in [2.45, 2.75) is 38.0 Å². The second-order valence-corrected chi connectivity index (χ2v) is 11.3. The third-order valence-corrected chi connectivity index (χ3v) is 8.22. The van der Waals surface area contributed by atoms with Gasteiger partial charge in [0.25, 0.3) is 5.56 Å². The zero-order valence-electron chi connectivity index (χ0n) is 21.7. The first-order valence-electron chi connectivity index (χ1n) is 13.2. The van der Waals surface area contributed by atoms with Crippen LogP contribution in [-0.2, 0) is 17.9 Å². The van der Waals surface area contributed by atoms with Crippen molar-refractivity contribution in [1.29, 1.82) is 0 Å². The van der Waals surface area contributed by atoms with Crippen LogP contribution in [0.3, 0.4) is 0 Å². The number of rotatable bonds is 7. The number of hydrogen-bond donors (Lipinski definition) is 3. The number of halogens is 1. The van der Waals surface area contributed by atoms with Gasteiger partial charge in [0.1, 0.15) is 37.2 Å². The molecule has 4 aromatic heterocycles. The normalized spacial score (nSPS) is 16.2. The van der Waals surface area contributed by atoms with Crippen molar-refractivity contribution in [2.75, 3.05) is 17.7 Å². The van der Waals surface area contributed by atoms with Crippen molar-refractivity contribution in [3.05, 3.63) is 81.7 Å². The molecule has 1 aromatic carbocycles. The Kier molecular flexibility index (Phi) is 6.15. The van der Waals surface area contributed by atoms with Crippen molar-refractivity contribution >= 4 is 38.8 Å². The minimum absolute atomic E-state index is 0.169. The molecule has 0 radical (unpaired) electrons. The standard InChI is InChI=1S/C28H25FN8O3S/c29-19-4-2-1-3-18(19)20-8-22(37(35-20)16-5-6-16)21-13-40-27-26(34-21)28(39)36(14-33-27)12-25(38)32-11-17-7-15-10-31-24(30)9-23(15)41-17/h1-4,7-10,14,16,21,34H,5-6,11-13H2,(H2,30,31)(H,32,38)/t21-/m0/s1. The smallest absolute Gasteiger partial charge is 0.281 e. The summed E-state index contributed by atoms with van der Waals surface area (Å²) in [6.45, 7) is 0.321. The highest BCUT2D eigenvalue weighted by Crippen LogP contribution is 2.40. The zero-order valence-corrected chi connectivity index (χ0v) is 22.5. The first-order chi connectivity index (χ1) is 19.9. The third-order valence-electron chi connectivity index (χ3n) is 7.12. The van der Waals surface area contributed by atoms with Crippen LogP contribution in [0.5, 0.6) is 5.88 Å². The lowest BCUT2D eigenvalue weighted by atomic mass is 10.1. The molecule has 0 saturated heterocycles. The van der Waals surface area contributed by atoms with Gasteiger partial charge in [0.05, 0.1) is 24.0 Å². The predicted octanol–water partition coefficient (Wildman–Crippen LogP) is 3.63. The van der Waals surface area contributed by atoms with E-state index in [1.165, 1.54) is 28.3 Å². The van der Waals surface area contributed by atoms with Crippen LogP contribution in [0.2, 0.25) is 0 Å². The summed E-state index contributed by atoms with van der Waals surface area (Å²) in [7, 11) is 0. The number of thiophene rings is 1. The molecule has 5 aromatic rings. The summed E-state index contributed by atoms with van der Waals surface area (Å²) < 4.78 is 24.5. The molecule has 1 saturated carbocycles. The molecular weight excluding hydrogens is 547 g/mol. The molecule has 1 atom stereocenters. The van der Waals surface area contributed by atoms with Gasteiger partial charge in [0.15, 0.2) is 5.69 Å². The average Bonchev–Trinajstić information content (AvgIpc) is 3.59. The molecule has 0 bridgehead atoms. The Hall–Kier alpha value is -4.78. The maximum Gasteiger partial charge on any atom is 0.281 e. The molecule has 13 heteroatoms. The summed E-state index contributed by atoms with van der Waals surface area (Å²) in [6, 6.07) is 11.9. The van der Waals surface area contributed by atoms with E-state index in [9.17, 15) is 14.0 Å². The summed E-state index contributed by atoms with van der Waals surface area (Å²) in [5.74, 6) is -0.0693. The fourth-order valence-corrected chi connectivity index (χ4v) is 5.95. The molecule has 0 spiro atoms. The maximum absolute atomic E-state index is 14.5. The van der Waals surface area contributed by atoms with Crippen LogP contribution in [0.15, 0.2) is 59.8 Å². The summed E-state index contributed by atoms with van der Waals surface area (Å²) in [5.41, 5.74) is 7.23. The largest absolute Gasteiger partial charge is 0.473 e. The average molecular weight is 573 g/mol. The number of nitrogen functional groups attached to an aromatic ring is 1. The van der Waals surface area contributed by atoms with Crippen LogP contribution < -0.4 is 26.7 Å². The summed E-state index contributed by atoms with van der Waals surface area (Å²) in [5, 5.41) is 11.8. The van der Waals surface area contributed by atoms with Gasteiger partial charge in [-0.25, -0.2) is 14.4 Å². The first-order valence-corrected chi connectivity index (χ1v) is 14.0. The highest BCUT2D eigenvalue weighted by molar-refractivity contribution is 7.19. The lowest BCUT2D eigenvalue weighted by Gasteiger charge is -2.27. The summed E-state index contributed by atoms with van der Waals surface area (Å²) in [4.78, 5) is 35.4. The number of benzene rings is 1. The lowest BCUT2D eigenvalue weighted by molar-refractivity contribution is -0.121. The number of nitrogens with two attached hydrogens (primary N) is 1. The third kappa shape index (κ3) is 4.88. The highest BCUT2D eigenvalue weighted by Gasteiger charge is 2.33. The number of hydrogen-bond acceptors (Lipinski definition) is 9. The van der Waals surface area contributed by atoms with Gasteiger partial charge in [-0.3, -0.25) is 18.8 Å². The molecule has 1 aliphatic carbocycles. The highest BCUT2D eigenvalue weighted by atomic mass is 32.1. The molecule has 1 fully saturated rings. The number of aromatic nitrogens is 5. The fraction of sp³-hybridized carbons (Fsp3) is 0.250. The Morgan fingerprint density at radius 3 is 2.90 bits per heavy atom. The molecule has 2 aliphatic rings. The second-order valence-electron chi connectivity index (χ2n) is 10.1. The molecule has 5 heterocycles. The van der Waals surface area contributed by atoms with Crippen LogP contribution in [0, 0.1) is 5.82 Å². The second kappa shape index (κ2) is 10.0. The van der Waals surface area contributed by atoms with Gasteiger partial charge in [-0.2, -0.15) is 5.10 Å². The van der Waals surface area contributed by atoms with Crippen molar-refractivity contribution in [3.63, 3.8) is 0 Å². The SMILES string of the molecule is Nc1cc2sc(CNC(=O)Cn3cnc4c(c3=O)N[C@H](c3cc(-c5ccccc5F)nn3C3CC3)CO4)cc2cn1. The van der Waals surface area contributed by atoms with Crippen LogP contribution >= 0.6 is 11.3 Å². The van der Waals surface area contributed by atoms with E-state index in [4.69, 9.17) is 15.6 Å². The molecule has 1 amide bonds. The zero-order chi connectivity index (χ0) is 28.1. The molecule has 208 valence electrons. The monoisotopic (exact) mass is 572 g/mol. The molecule has 41 heavy (non-hydrogen) atoms. The number of nitrogens with one attached hydrogen (secondary N) is 2. The Morgan fingerprint density at radius 2 is 2.07 bits per heavy atom. The van der Waals surface area contributed by atoms with Gasteiger partial charge in [0, 0.05) is 26.7 Å². The Bertz CT molecular complexity index is 1860. The van der Waals surface area contributed by atoms with Crippen molar-refractivity contribution in [3.8, 4) is 17.1 Å². The van der Waals surface area contributed by atoms with E-state index in [2.05, 4.69) is 20.6 Å². The molecule has 7 rings (SSSR count). The van der Waals surface area contributed by atoms with Crippen molar-refractivity contribution < 1.29 is 13.9 Å². The number of nitrogens with zero attached hydrogens (tertiary/aromatic N) is 5. The van der Waals surface area contributed by atoms with E-state index in [-0.39, 0.29) is 42.5 Å². The minimum atomic E-state index is -0.426. The summed E-state index contributed by atoms with van der Waals surface area (Å²) >= 11 is 1.52. The molecule has 4 N–H and O–H groups in total. The lowest BCUT2D eigenvalue weighted by Crippen LogP contribution is -2.36. The number of ether oxygens (including phenoxy) is 1. The molecule has 1 aliphatic heterocycles. The number of carbonyl (C=O) groups is 1. The number of fused-ring (bicyclic) bond motifs is 2. The van der Waals surface area contributed by atoms with Crippen LogP contribution in [0.1, 0.15) is 35.5 Å². The molecule has 11 nitrogen and oxygen atoms in total. The van der Waals surface area contributed by atoms with Crippen molar-refractivity contribution in [2.24, 2.45) is 0 Å². The Labute approximate surface area is 236 Å². The van der Waals surface area contributed by atoms with Gasteiger partial charge >= 0.3 is 0 Å². The number of amides is 1. The maximum atomic E-state index is 14.5. The summed E-state index contributed by atoms with van der Waals surface area (Å²) in [6.07, 6.45) is 4.96. The van der Waals surface area contributed by atoms with E-state index < -0.39 is 11.6 Å². The Morgan fingerprint density at radius 1 is 1.22 bits per heavy atom. The van der Waals surface area contributed by atoms with Gasteiger partial charge < -0.3 is 21.1 Å². The Balaban J connectivity index is 1.08. The predicted molar refractivity (Wildman–Crippen MR) is 152 cm³/mol. The van der Waals surface area contributed by atoms with Gasteiger partial charge in [0.2, 0.25) is 11.8 Å². The van der Waals surface area contributed by atoms with Crippen LogP contribution in [0.4, 0.5) is 15.9 Å².